The number of carbonyl (C=O) groups excluding carboxylic acids is 1. The van der Waals surface area contributed by atoms with Gasteiger partial charge in [-0.25, -0.2) is 0 Å². The topological polar surface area (TPSA) is 26.8 Å². The van der Waals surface area contributed by atoms with Crippen LogP contribution < -0.4 is 4.90 Å². The molecule has 23 heavy (non-hydrogen) atoms. The van der Waals surface area contributed by atoms with E-state index in [2.05, 4.69) is 22.8 Å². The van der Waals surface area contributed by atoms with Gasteiger partial charge in [-0.2, -0.15) is 0 Å². The van der Waals surface area contributed by atoms with Crippen molar-refractivity contribution in [3.05, 3.63) is 29.3 Å². The van der Waals surface area contributed by atoms with Gasteiger partial charge in [0.25, 0.3) is 0 Å². The highest BCUT2D eigenvalue weighted by molar-refractivity contribution is 6.30. The van der Waals surface area contributed by atoms with Crippen molar-refractivity contribution in [1.29, 1.82) is 0 Å². The molecule has 1 aromatic carbocycles. The number of amides is 1. The number of benzene rings is 1. The molecule has 0 aromatic heterocycles. The summed E-state index contributed by atoms with van der Waals surface area (Å²) in [6.45, 7) is 8.35. The van der Waals surface area contributed by atoms with E-state index in [1.807, 2.05) is 23.1 Å². The van der Waals surface area contributed by atoms with Gasteiger partial charge >= 0.3 is 0 Å². The van der Waals surface area contributed by atoms with Crippen LogP contribution in [-0.4, -0.2) is 61.5 Å². The number of piperidine rings is 1. The average Bonchev–Trinajstić information content (AvgIpc) is 2.55. The van der Waals surface area contributed by atoms with Crippen LogP contribution in [0.2, 0.25) is 5.02 Å². The Morgan fingerprint density at radius 2 is 2.00 bits per heavy atom. The lowest BCUT2D eigenvalue weighted by Gasteiger charge is -2.38. The lowest BCUT2D eigenvalue weighted by atomic mass is 10.0. The van der Waals surface area contributed by atoms with Crippen LogP contribution in [0, 0.1) is 5.92 Å². The molecule has 1 amide bonds. The van der Waals surface area contributed by atoms with Crippen LogP contribution in [0.1, 0.15) is 19.8 Å². The summed E-state index contributed by atoms with van der Waals surface area (Å²) in [5.74, 6) is 1.00. The normalized spacial score (nSPS) is 23.1. The van der Waals surface area contributed by atoms with Crippen LogP contribution in [0.25, 0.3) is 0 Å². The number of halogens is 1. The fourth-order valence-electron chi connectivity index (χ4n) is 3.61. The molecule has 0 aliphatic carbocycles. The highest BCUT2D eigenvalue weighted by atomic mass is 35.5. The molecule has 126 valence electrons. The van der Waals surface area contributed by atoms with E-state index in [1.54, 1.807) is 0 Å². The fourth-order valence-corrected chi connectivity index (χ4v) is 3.79. The number of hydrogen-bond donors (Lipinski definition) is 0. The first-order valence-corrected chi connectivity index (χ1v) is 9.00. The molecule has 0 bridgehead atoms. The summed E-state index contributed by atoms with van der Waals surface area (Å²) < 4.78 is 0. The predicted octanol–water partition coefficient (Wildman–Crippen LogP) is 2.72. The molecule has 2 fully saturated rings. The first-order valence-electron chi connectivity index (χ1n) is 8.62. The van der Waals surface area contributed by atoms with Crippen LogP contribution in [0.15, 0.2) is 24.3 Å². The van der Waals surface area contributed by atoms with Gasteiger partial charge in [0.15, 0.2) is 0 Å². The van der Waals surface area contributed by atoms with E-state index in [-0.39, 0.29) is 5.91 Å². The minimum Gasteiger partial charge on any atom is -0.368 e. The van der Waals surface area contributed by atoms with Crippen molar-refractivity contribution in [3.63, 3.8) is 0 Å². The summed E-state index contributed by atoms with van der Waals surface area (Å²) in [6.07, 6.45) is 2.51. The van der Waals surface area contributed by atoms with Crippen LogP contribution in [0.5, 0.6) is 0 Å². The number of nitrogens with zero attached hydrogens (tertiary/aromatic N) is 3. The summed E-state index contributed by atoms with van der Waals surface area (Å²) in [5.41, 5.74) is 1.15. The maximum atomic E-state index is 12.5. The quantitative estimate of drug-likeness (QED) is 0.849. The zero-order valence-electron chi connectivity index (χ0n) is 13.9. The molecule has 0 N–H and O–H groups in total. The average molecular weight is 336 g/mol. The molecule has 3 rings (SSSR count). The SMILES string of the molecule is CC1CCCN(CC(=O)N2CCN(c3cccc(Cl)c3)CC2)C1. The van der Waals surface area contributed by atoms with Crippen LogP contribution in [0.3, 0.4) is 0 Å². The number of carbonyl (C=O) groups is 1. The first-order chi connectivity index (χ1) is 11.1. The number of piperazine rings is 1. The molecule has 1 atom stereocenters. The number of rotatable bonds is 3. The summed E-state index contributed by atoms with van der Waals surface area (Å²) in [6, 6.07) is 7.95. The van der Waals surface area contributed by atoms with E-state index in [0.717, 1.165) is 55.9 Å². The van der Waals surface area contributed by atoms with E-state index in [0.29, 0.717) is 6.54 Å². The van der Waals surface area contributed by atoms with Gasteiger partial charge < -0.3 is 9.80 Å². The monoisotopic (exact) mass is 335 g/mol. The Hall–Kier alpha value is -1.26. The Bertz CT molecular complexity index is 543. The van der Waals surface area contributed by atoms with Crippen molar-refractivity contribution >= 4 is 23.2 Å². The van der Waals surface area contributed by atoms with Crippen LogP contribution in [0.4, 0.5) is 5.69 Å². The molecular weight excluding hydrogens is 310 g/mol. The summed E-state index contributed by atoms with van der Waals surface area (Å²) >= 11 is 6.07. The second kappa shape index (κ2) is 7.54. The van der Waals surface area contributed by atoms with E-state index >= 15 is 0 Å². The van der Waals surface area contributed by atoms with E-state index in [1.165, 1.54) is 12.8 Å². The third-order valence-electron chi connectivity index (χ3n) is 4.91. The van der Waals surface area contributed by atoms with Crippen LogP contribution in [-0.2, 0) is 4.79 Å². The Balaban J connectivity index is 1.49. The number of anilines is 1. The molecule has 4 nitrogen and oxygen atoms in total. The maximum Gasteiger partial charge on any atom is 0.236 e. The summed E-state index contributed by atoms with van der Waals surface area (Å²) in [7, 11) is 0. The zero-order chi connectivity index (χ0) is 16.2. The van der Waals surface area contributed by atoms with Gasteiger partial charge in [-0.1, -0.05) is 24.6 Å². The Labute approximate surface area is 144 Å². The second-order valence-electron chi connectivity index (χ2n) is 6.83. The molecule has 2 aliphatic heterocycles. The van der Waals surface area contributed by atoms with E-state index < -0.39 is 0 Å². The predicted molar refractivity (Wildman–Crippen MR) is 95.1 cm³/mol. The van der Waals surface area contributed by atoms with Crippen molar-refractivity contribution in [1.82, 2.24) is 9.80 Å². The summed E-state index contributed by atoms with van der Waals surface area (Å²) in [5, 5.41) is 0.764. The third-order valence-corrected chi connectivity index (χ3v) is 5.14. The standard InChI is InChI=1S/C18H26ClN3O/c1-15-4-3-7-20(13-15)14-18(23)22-10-8-21(9-11-22)17-6-2-5-16(19)12-17/h2,5-6,12,15H,3-4,7-11,13-14H2,1H3. The molecular formula is C18H26ClN3O. The number of likely N-dealkylation sites (tertiary alicyclic amines) is 1. The third kappa shape index (κ3) is 4.39. The van der Waals surface area contributed by atoms with Crippen LogP contribution >= 0.6 is 11.6 Å². The van der Waals surface area contributed by atoms with Crippen molar-refractivity contribution in [2.24, 2.45) is 5.92 Å². The molecule has 0 saturated carbocycles. The lowest BCUT2D eigenvalue weighted by Crippen LogP contribution is -2.52. The lowest BCUT2D eigenvalue weighted by molar-refractivity contribution is -0.133. The molecule has 2 heterocycles. The van der Waals surface area contributed by atoms with Gasteiger partial charge in [-0.05, 0) is 43.5 Å². The maximum absolute atomic E-state index is 12.5. The second-order valence-corrected chi connectivity index (χ2v) is 7.27. The molecule has 2 aliphatic rings. The Kier molecular flexibility index (Phi) is 5.44. The molecule has 1 unspecified atom stereocenters. The van der Waals surface area contributed by atoms with Gasteiger partial charge in [0.2, 0.25) is 5.91 Å². The molecule has 0 radical (unpaired) electrons. The molecule has 1 aromatic rings. The molecule has 2 saturated heterocycles. The zero-order valence-corrected chi connectivity index (χ0v) is 14.6. The smallest absolute Gasteiger partial charge is 0.236 e. The van der Waals surface area contributed by atoms with Crippen molar-refractivity contribution in [2.75, 3.05) is 50.7 Å². The fraction of sp³-hybridized carbons (Fsp3) is 0.611. The molecule has 0 spiro atoms. The first kappa shape index (κ1) is 16.6. The van der Waals surface area contributed by atoms with Gasteiger partial charge in [0.05, 0.1) is 6.54 Å². The van der Waals surface area contributed by atoms with Crippen molar-refractivity contribution in [3.8, 4) is 0 Å². The minimum absolute atomic E-state index is 0.282. The summed E-state index contributed by atoms with van der Waals surface area (Å²) in [4.78, 5) is 19.2. The van der Waals surface area contributed by atoms with E-state index in [4.69, 9.17) is 11.6 Å². The van der Waals surface area contributed by atoms with Gasteiger partial charge in [-0.3, -0.25) is 9.69 Å². The van der Waals surface area contributed by atoms with Gasteiger partial charge in [0, 0.05) is 43.4 Å². The van der Waals surface area contributed by atoms with Gasteiger partial charge in [-0.15, -0.1) is 0 Å². The van der Waals surface area contributed by atoms with Gasteiger partial charge in [0.1, 0.15) is 0 Å². The van der Waals surface area contributed by atoms with E-state index in [9.17, 15) is 4.79 Å². The molecule has 5 heteroatoms. The largest absolute Gasteiger partial charge is 0.368 e. The number of hydrogen-bond acceptors (Lipinski definition) is 3. The van der Waals surface area contributed by atoms with Crippen molar-refractivity contribution in [2.45, 2.75) is 19.8 Å². The Morgan fingerprint density at radius 3 is 2.70 bits per heavy atom. The minimum atomic E-state index is 0.282. The van der Waals surface area contributed by atoms with Crippen molar-refractivity contribution < 1.29 is 4.79 Å². The highest BCUT2D eigenvalue weighted by Crippen LogP contribution is 2.21. The highest BCUT2D eigenvalue weighted by Gasteiger charge is 2.24. The Morgan fingerprint density at radius 1 is 1.22 bits per heavy atom.